The number of allylic oxidation sites excluding steroid dienone is 1. The summed E-state index contributed by atoms with van der Waals surface area (Å²) in [5.41, 5.74) is 8.33. The Morgan fingerprint density at radius 1 is 1.03 bits per heavy atom. The Morgan fingerprint density at radius 3 is 2.67 bits per heavy atom. The minimum Gasteiger partial charge on any atom is -0.411 e. The lowest BCUT2D eigenvalue weighted by atomic mass is 9.98. The third-order valence-electron chi connectivity index (χ3n) is 5.69. The summed E-state index contributed by atoms with van der Waals surface area (Å²) in [7, 11) is 0. The zero-order chi connectivity index (χ0) is 22.8. The van der Waals surface area contributed by atoms with E-state index in [1.807, 2.05) is 41.2 Å². The number of anilines is 1. The fourth-order valence-electron chi connectivity index (χ4n) is 4.03. The summed E-state index contributed by atoms with van der Waals surface area (Å²) in [5, 5.41) is 20.7. The average molecular weight is 435 g/mol. The fraction of sp³-hybridized carbons (Fsp3) is 0.0769. The number of hydrogen-bond acceptors (Lipinski definition) is 6. The highest BCUT2D eigenvalue weighted by Crippen LogP contribution is 2.35. The third-order valence-corrected chi connectivity index (χ3v) is 5.69. The number of fused-ring (bicyclic) bond motifs is 1. The second kappa shape index (κ2) is 8.55. The molecule has 1 aliphatic rings. The van der Waals surface area contributed by atoms with Crippen molar-refractivity contribution in [2.24, 2.45) is 5.16 Å². The standard InChI is InChI=1S/C26H22N6O/c1-3-17(2)29-25-15-21(10-13-28-25)32-16-23(26(30-32)18-8-11-27-12-9-18)20-4-6-22-19(14-20)5-7-24(22)31-33/h3-4,6,8-16,33H,1-2,5,7H2,(H,28,29)/b31-24+. The van der Waals surface area contributed by atoms with Gasteiger partial charge in [-0.2, -0.15) is 5.10 Å². The van der Waals surface area contributed by atoms with Crippen LogP contribution in [0, 0.1) is 0 Å². The molecule has 0 saturated heterocycles. The van der Waals surface area contributed by atoms with Crippen molar-refractivity contribution in [3.63, 3.8) is 0 Å². The molecule has 0 saturated carbocycles. The monoisotopic (exact) mass is 434 g/mol. The van der Waals surface area contributed by atoms with Crippen molar-refractivity contribution in [2.75, 3.05) is 5.32 Å². The van der Waals surface area contributed by atoms with Crippen LogP contribution < -0.4 is 5.32 Å². The highest BCUT2D eigenvalue weighted by molar-refractivity contribution is 6.04. The van der Waals surface area contributed by atoms with Gasteiger partial charge in [0.2, 0.25) is 0 Å². The van der Waals surface area contributed by atoms with E-state index < -0.39 is 0 Å². The lowest BCUT2D eigenvalue weighted by Crippen LogP contribution is -2.00. The number of rotatable bonds is 6. The van der Waals surface area contributed by atoms with Gasteiger partial charge in [0.1, 0.15) is 11.5 Å². The first-order valence-corrected chi connectivity index (χ1v) is 10.6. The summed E-state index contributed by atoms with van der Waals surface area (Å²) in [6.07, 6.45) is 10.5. The number of aromatic nitrogens is 4. The van der Waals surface area contributed by atoms with Crippen LogP contribution in [0.4, 0.5) is 5.82 Å². The molecule has 0 spiro atoms. The summed E-state index contributed by atoms with van der Waals surface area (Å²) in [6, 6.07) is 14.0. The Balaban J connectivity index is 1.61. The fourth-order valence-corrected chi connectivity index (χ4v) is 4.03. The van der Waals surface area contributed by atoms with Gasteiger partial charge in [0.15, 0.2) is 0 Å². The number of pyridine rings is 2. The van der Waals surface area contributed by atoms with Gasteiger partial charge < -0.3 is 10.5 Å². The second-order valence-corrected chi connectivity index (χ2v) is 7.74. The first kappa shape index (κ1) is 20.4. The van der Waals surface area contributed by atoms with Crippen molar-refractivity contribution in [1.29, 1.82) is 0 Å². The molecule has 0 atom stereocenters. The average Bonchev–Trinajstić information content (AvgIpc) is 3.49. The van der Waals surface area contributed by atoms with Crippen LogP contribution in [0.3, 0.4) is 0 Å². The van der Waals surface area contributed by atoms with Gasteiger partial charge in [-0.25, -0.2) is 9.67 Å². The van der Waals surface area contributed by atoms with Crippen molar-refractivity contribution >= 4 is 11.5 Å². The molecule has 5 rings (SSSR count). The number of aryl methyl sites for hydroxylation is 1. The zero-order valence-corrected chi connectivity index (χ0v) is 17.9. The first-order valence-electron chi connectivity index (χ1n) is 10.6. The normalized spacial score (nSPS) is 13.6. The largest absolute Gasteiger partial charge is 0.411 e. The molecule has 1 aromatic carbocycles. The van der Waals surface area contributed by atoms with Crippen LogP contribution in [0.2, 0.25) is 0 Å². The highest BCUT2D eigenvalue weighted by atomic mass is 16.4. The molecule has 162 valence electrons. The van der Waals surface area contributed by atoms with Crippen molar-refractivity contribution in [3.05, 3.63) is 103 Å². The SMILES string of the molecule is C=CC(=C)Nc1cc(-n2cc(-c3ccc4c(c3)CC/C4=N\O)c(-c3ccncc3)n2)ccn1. The van der Waals surface area contributed by atoms with E-state index in [4.69, 9.17) is 5.10 Å². The van der Waals surface area contributed by atoms with Gasteiger partial charge in [-0.1, -0.05) is 36.5 Å². The summed E-state index contributed by atoms with van der Waals surface area (Å²) in [6.45, 7) is 7.61. The van der Waals surface area contributed by atoms with Crippen LogP contribution in [0.25, 0.3) is 28.1 Å². The van der Waals surface area contributed by atoms with Gasteiger partial charge >= 0.3 is 0 Å². The maximum atomic E-state index is 9.26. The topological polar surface area (TPSA) is 88.2 Å². The van der Waals surface area contributed by atoms with Gasteiger partial charge in [-0.15, -0.1) is 0 Å². The molecule has 7 nitrogen and oxygen atoms in total. The van der Waals surface area contributed by atoms with E-state index >= 15 is 0 Å². The number of nitrogens with zero attached hydrogens (tertiary/aromatic N) is 5. The van der Waals surface area contributed by atoms with Crippen LogP contribution in [-0.2, 0) is 6.42 Å². The Morgan fingerprint density at radius 2 is 1.88 bits per heavy atom. The number of benzene rings is 1. The molecule has 7 heteroatoms. The molecule has 0 unspecified atom stereocenters. The van der Waals surface area contributed by atoms with Crippen molar-refractivity contribution in [2.45, 2.75) is 12.8 Å². The highest BCUT2D eigenvalue weighted by Gasteiger charge is 2.21. The molecule has 3 aromatic heterocycles. The van der Waals surface area contributed by atoms with E-state index in [2.05, 4.69) is 45.7 Å². The van der Waals surface area contributed by atoms with E-state index in [9.17, 15) is 5.21 Å². The van der Waals surface area contributed by atoms with E-state index in [1.54, 1.807) is 24.7 Å². The van der Waals surface area contributed by atoms with E-state index in [-0.39, 0.29) is 0 Å². The van der Waals surface area contributed by atoms with Gasteiger partial charge in [0.25, 0.3) is 0 Å². The van der Waals surface area contributed by atoms with E-state index in [0.717, 1.165) is 52.2 Å². The quantitative estimate of drug-likeness (QED) is 0.246. The van der Waals surface area contributed by atoms with Crippen LogP contribution in [-0.4, -0.2) is 30.7 Å². The lowest BCUT2D eigenvalue weighted by molar-refractivity contribution is 0.318. The summed E-state index contributed by atoms with van der Waals surface area (Å²) in [5.74, 6) is 0.660. The molecule has 4 aromatic rings. The second-order valence-electron chi connectivity index (χ2n) is 7.74. The van der Waals surface area contributed by atoms with Crippen LogP contribution >= 0.6 is 0 Å². The molecule has 0 amide bonds. The maximum Gasteiger partial charge on any atom is 0.132 e. The third kappa shape index (κ3) is 3.92. The van der Waals surface area contributed by atoms with Crippen molar-refractivity contribution in [1.82, 2.24) is 19.7 Å². The number of oxime groups is 1. The molecule has 0 aliphatic heterocycles. The van der Waals surface area contributed by atoms with Gasteiger partial charge in [0, 0.05) is 53.2 Å². The molecule has 0 radical (unpaired) electrons. The van der Waals surface area contributed by atoms with Crippen molar-refractivity contribution < 1.29 is 5.21 Å². The van der Waals surface area contributed by atoms with E-state index in [0.29, 0.717) is 11.5 Å². The Hall–Kier alpha value is -4.52. The van der Waals surface area contributed by atoms with E-state index in [1.165, 1.54) is 5.56 Å². The Labute approximate surface area is 191 Å². The minimum absolute atomic E-state index is 0.660. The predicted octanol–water partition coefficient (Wildman–Crippen LogP) is 5.23. The smallest absolute Gasteiger partial charge is 0.132 e. The molecule has 1 aliphatic carbocycles. The molecule has 3 heterocycles. The summed E-state index contributed by atoms with van der Waals surface area (Å²) in [4.78, 5) is 8.50. The Bertz CT molecular complexity index is 1390. The Kier molecular flexibility index (Phi) is 5.28. The molecule has 0 bridgehead atoms. The summed E-state index contributed by atoms with van der Waals surface area (Å²) < 4.78 is 1.85. The zero-order valence-electron chi connectivity index (χ0n) is 17.9. The lowest BCUT2D eigenvalue weighted by Gasteiger charge is -2.07. The molecule has 33 heavy (non-hydrogen) atoms. The number of hydrogen-bond donors (Lipinski definition) is 2. The van der Waals surface area contributed by atoms with Crippen LogP contribution in [0.1, 0.15) is 17.5 Å². The van der Waals surface area contributed by atoms with Gasteiger partial charge in [-0.05, 0) is 48.2 Å². The summed E-state index contributed by atoms with van der Waals surface area (Å²) >= 11 is 0. The minimum atomic E-state index is 0.660. The van der Waals surface area contributed by atoms with Crippen LogP contribution in [0.15, 0.2) is 97.3 Å². The van der Waals surface area contributed by atoms with Crippen molar-refractivity contribution in [3.8, 4) is 28.1 Å². The molecular weight excluding hydrogens is 412 g/mol. The molecule has 2 N–H and O–H groups in total. The number of nitrogens with one attached hydrogen (secondary N) is 1. The van der Waals surface area contributed by atoms with Gasteiger partial charge in [0.05, 0.1) is 11.4 Å². The van der Waals surface area contributed by atoms with Crippen LogP contribution in [0.5, 0.6) is 0 Å². The van der Waals surface area contributed by atoms with Gasteiger partial charge in [-0.3, -0.25) is 4.98 Å². The predicted molar refractivity (Wildman–Crippen MR) is 130 cm³/mol. The molecular formula is C26H22N6O. The molecule has 0 fully saturated rings. The first-order chi connectivity index (χ1) is 16.2. The maximum absolute atomic E-state index is 9.26.